The molecule has 4 nitrogen and oxygen atoms in total. The van der Waals surface area contributed by atoms with Crippen molar-refractivity contribution < 1.29 is 9.53 Å². The first-order chi connectivity index (χ1) is 9.95. The lowest BCUT2D eigenvalue weighted by Crippen LogP contribution is -2.45. The number of aryl methyl sites for hydroxylation is 1. The molecule has 0 aromatic heterocycles. The smallest absolute Gasteiger partial charge is 0.260 e. The second-order valence-corrected chi connectivity index (χ2v) is 6.20. The Morgan fingerprint density at radius 3 is 2.67 bits per heavy atom. The van der Waals surface area contributed by atoms with Crippen molar-refractivity contribution in [3.63, 3.8) is 0 Å². The number of rotatable bonds is 4. The number of carbonyl (C=O) groups is 1. The van der Waals surface area contributed by atoms with Gasteiger partial charge in [0, 0.05) is 17.1 Å². The van der Waals surface area contributed by atoms with Crippen LogP contribution in [0, 0.1) is 6.92 Å². The highest BCUT2D eigenvalue weighted by atomic mass is 35.5. The molecule has 2 rings (SSSR count). The monoisotopic (exact) mass is 310 g/mol. The standard InChI is InChI=1S/C16H23ClN2O2/c1-10-9-14(7-8-15(10)17)21-11(2)16(20)19-13-5-3-12(18)4-6-13/h7-9,11-13H,3-6,18H2,1-2H3,(H,19,20). The van der Waals surface area contributed by atoms with E-state index in [2.05, 4.69) is 5.32 Å². The summed E-state index contributed by atoms with van der Waals surface area (Å²) in [4.78, 5) is 12.2. The summed E-state index contributed by atoms with van der Waals surface area (Å²) in [5.74, 6) is 0.577. The van der Waals surface area contributed by atoms with E-state index in [9.17, 15) is 4.79 Å². The van der Waals surface area contributed by atoms with Crippen molar-refractivity contribution in [3.05, 3.63) is 28.8 Å². The topological polar surface area (TPSA) is 64.3 Å². The predicted octanol–water partition coefficient (Wildman–Crippen LogP) is 2.80. The summed E-state index contributed by atoms with van der Waals surface area (Å²) in [6.07, 6.45) is 3.30. The van der Waals surface area contributed by atoms with Gasteiger partial charge >= 0.3 is 0 Å². The van der Waals surface area contributed by atoms with Crippen LogP contribution < -0.4 is 15.8 Å². The van der Waals surface area contributed by atoms with Crippen molar-refractivity contribution in [2.75, 3.05) is 0 Å². The largest absolute Gasteiger partial charge is 0.481 e. The van der Waals surface area contributed by atoms with Gasteiger partial charge in [-0.15, -0.1) is 0 Å². The number of carbonyl (C=O) groups excluding carboxylic acids is 1. The zero-order valence-electron chi connectivity index (χ0n) is 12.6. The van der Waals surface area contributed by atoms with Crippen LogP contribution in [-0.2, 0) is 4.79 Å². The second kappa shape index (κ2) is 7.14. The summed E-state index contributed by atoms with van der Waals surface area (Å²) in [6.45, 7) is 3.67. The summed E-state index contributed by atoms with van der Waals surface area (Å²) in [7, 11) is 0. The summed E-state index contributed by atoms with van der Waals surface area (Å²) in [6, 6.07) is 5.89. The van der Waals surface area contributed by atoms with Gasteiger partial charge in [-0.2, -0.15) is 0 Å². The van der Waals surface area contributed by atoms with Crippen LogP contribution in [0.25, 0.3) is 0 Å². The van der Waals surface area contributed by atoms with Crippen LogP contribution >= 0.6 is 11.6 Å². The van der Waals surface area contributed by atoms with Crippen LogP contribution in [0.15, 0.2) is 18.2 Å². The van der Waals surface area contributed by atoms with Gasteiger partial charge in [0.1, 0.15) is 5.75 Å². The van der Waals surface area contributed by atoms with Gasteiger partial charge in [0.15, 0.2) is 6.10 Å². The Morgan fingerprint density at radius 1 is 1.38 bits per heavy atom. The molecule has 0 bridgehead atoms. The molecule has 1 amide bonds. The van der Waals surface area contributed by atoms with E-state index in [1.54, 1.807) is 19.1 Å². The Morgan fingerprint density at radius 2 is 2.05 bits per heavy atom. The number of benzene rings is 1. The maximum absolute atomic E-state index is 12.2. The first-order valence-corrected chi connectivity index (χ1v) is 7.82. The minimum Gasteiger partial charge on any atom is -0.481 e. The lowest BCUT2D eigenvalue weighted by atomic mass is 9.92. The molecule has 21 heavy (non-hydrogen) atoms. The summed E-state index contributed by atoms with van der Waals surface area (Å²) >= 11 is 5.98. The fraction of sp³-hybridized carbons (Fsp3) is 0.562. The van der Waals surface area contributed by atoms with E-state index in [0.29, 0.717) is 10.8 Å². The van der Waals surface area contributed by atoms with E-state index in [0.717, 1.165) is 31.2 Å². The molecule has 1 unspecified atom stereocenters. The van der Waals surface area contributed by atoms with Crippen molar-refractivity contribution in [1.29, 1.82) is 0 Å². The summed E-state index contributed by atoms with van der Waals surface area (Å²) < 4.78 is 5.68. The fourth-order valence-corrected chi connectivity index (χ4v) is 2.65. The number of ether oxygens (including phenoxy) is 1. The van der Waals surface area contributed by atoms with E-state index in [1.807, 2.05) is 13.0 Å². The number of hydrogen-bond donors (Lipinski definition) is 2. The van der Waals surface area contributed by atoms with Crippen molar-refractivity contribution in [2.45, 2.75) is 57.7 Å². The van der Waals surface area contributed by atoms with Gasteiger partial charge in [0.25, 0.3) is 5.91 Å². The molecule has 116 valence electrons. The van der Waals surface area contributed by atoms with Gasteiger partial charge in [-0.05, 0) is 63.3 Å². The minimum absolute atomic E-state index is 0.0805. The van der Waals surface area contributed by atoms with E-state index >= 15 is 0 Å². The Kier molecular flexibility index (Phi) is 5.48. The van der Waals surface area contributed by atoms with Gasteiger partial charge < -0.3 is 15.8 Å². The van der Waals surface area contributed by atoms with E-state index in [-0.39, 0.29) is 18.0 Å². The molecule has 1 aromatic carbocycles. The molecule has 0 saturated heterocycles. The van der Waals surface area contributed by atoms with E-state index in [1.165, 1.54) is 0 Å². The highest BCUT2D eigenvalue weighted by Crippen LogP contribution is 2.22. The molecule has 1 saturated carbocycles. The van der Waals surface area contributed by atoms with Gasteiger partial charge in [0.2, 0.25) is 0 Å². The van der Waals surface area contributed by atoms with Crippen molar-refractivity contribution in [2.24, 2.45) is 5.73 Å². The lowest BCUT2D eigenvalue weighted by molar-refractivity contribution is -0.128. The van der Waals surface area contributed by atoms with Crippen molar-refractivity contribution >= 4 is 17.5 Å². The first-order valence-electron chi connectivity index (χ1n) is 7.44. The van der Waals surface area contributed by atoms with Crippen LogP contribution in [-0.4, -0.2) is 24.1 Å². The molecule has 0 spiro atoms. The number of halogens is 1. The molecule has 3 N–H and O–H groups in total. The molecule has 1 atom stereocenters. The molecule has 1 aliphatic rings. The molecule has 0 heterocycles. The van der Waals surface area contributed by atoms with Crippen LogP contribution in [0.5, 0.6) is 5.75 Å². The van der Waals surface area contributed by atoms with E-state index < -0.39 is 6.10 Å². The van der Waals surface area contributed by atoms with Crippen LogP contribution in [0.4, 0.5) is 0 Å². The quantitative estimate of drug-likeness (QED) is 0.899. The van der Waals surface area contributed by atoms with Gasteiger partial charge in [-0.1, -0.05) is 11.6 Å². The summed E-state index contributed by atoms with van der Waals surface area (Å²) in [5.41, 5.74) is 6.80. The number of nitrogens with one attached hydrogen (secondary N) is 1. The third-order valence-electron chi connectivity index (χ3n) is 3.93. The molecule has 1 aromatic rings. The third kappa shape index (κ3) is 4.61. The normalized spacial score (nSPS) is 23.4. The Hall–Kier alpha value is -1.26. The van der Waals surface area contributed by atoms with Crippen LogP contribution in [0.3, 0.4) is 0 Å². The fourth-order valence-electron chi connectivity index (χ4n) is 2.53. The van der Waals surface area contributed by atoms with Crippen LogP contribution in [0.2, 0.25) is 5.02 Å². The zero-order valence-corrected chi connectivity index (χ0v) is 13.3. The summed E-state index contributed by atoms with van der Waals surface area (Å²) in [5, 5.41) is 3.73. The SMILES string of the molecule is Cc1cc(OC(C)C(=O)NC2CCC(N)CC2)ccc1Cl. The average Bonchev–Trinajstić information content (AvgIpc) is 2.45. The lowest BCUT2D eigenvalue weighted by Gasteiger charge is -2.28. The van der Waals surface area contributed by atoms with Gasteiger partial charge in [0.05, 0.1) is 0 Å². The molecule has 0 aliphatic heterocycles. The molecular formula is C16H23ClN2O2. The average molecular weight is 311 g/mol. The molecule has 1 fully saturated rings. The first kappa shape index (κ1) is 16.1. The highest BCUT2D eigenvalue weighted by molar-refractivity contribution is 6.31. The van der Waals surface area contributed by atoms with Crippen LogP contribution in [0.1, 0.15) is 38.2 Å². The molecule has 1 aliphatic carbocycles. The van der Waals surface area contributed by atoms with Gasteiger partial charge in [-0.25, -0.2) is 0 Å². The number of hydrogen-bond acceptors (Lipinski definition) is 3. The Labute approximate surface area is 131 Å². The van der Waals surface area contributed by atoms with Crippen molar-refractivity contribution in [3.8, 4) is 5.75 Å². The zero-order chi connectivity index (χ0) is 15.4. The van der Waals surface area contributed by atoms with Crippen molar-refractivity contribution in [1.82, 2.24) is 5.32 Å². The predicted molar refractivity (Wildman–Crippen MR) is 84.7 cm³/mol. The second-order valence-electron chi connectivity index (χ2n) is 5.79. The Bertz CT molecular complexity index is 499. The molecule has 5 heteroatoms. The minimum atomic E-state index is -0.527. The molecule has 0 radical (unpaired) electrons. The maximum Gasteiger partial charge on any atom is 0.260 e. The Balaban J connectivity index is 1.86. The van der Waals surface area contributed by atoms with E-state index in [4.69, 9.17) is 22.1 Å². The molecular weight excluding hydrogens is 288 g/mol. The van der Waals surface area contributed by atoms with Gasteiger partial charge in [-0.3, -0.25) is 4.79 Å². The number of nitrogens with two attached hydrogens (primary N) is 1. The highest BCUT2D eigenvalue weighted by Gasteiger charge is 2.23. The maximum atomic E-state index is 12.2. The number of amides is 1. The third-order valence-corrected chi connectivity index (χ3v) is 4.35.